The van der Waals surface area contributed by atoms with Gasteiger partial charge in [-0.2, -0.15) is 0 Å². The van der Waals surface area contributed by atoms with Crippen LogP contribution < -0.4 is 11.1 Å². The van der Waals surface area contributed by atoms with E-state index in [1.165, 1.54) is 0 Å². The third kappa shape index (κ3) is 4.08. The summed E-state index contributed by atoms with van der Waals surface area (Å²) in [7, 11) is 0. The van der Waals surface area contributed by atoms with Gasteiger partial charge in [0, 0.05) is 4.47 Å². The summed E-state index contributed by atoms with van der Waals surface area (Å²) in [6.07, 6.45) is 0. The molecule has 2 aromatic carbocycles. The van der Waals surface area contributed by atoms with Gasteiger partial charge in [-0.1, -0.05) is 36.4 Å². The van der Waals surface area contributed by atoms with E-state index < -0.39 is 0 Å². The minimum absolute atomic E-state index is 0.0182. The summed E-state index contributed by atoms with van der Waals surface area (Å²) in [5.41, 5.74) is 7.91. The van der Waals surface area contributed by atoms with E-state index in [4.69, 9.17) is 10.5 Å². The number of para-hydroxylation sites is 1. The van der Waals surface area contributed by atoms with Crippen molar-refractivity contribution in [2.75, 3.05) is 17.7 Å². The molecule has 1 amide bonds. The molecule has 2 aromatic rings. The van der Waals surface area contributed by atoms with Crippen molar-refractivity contribution < 1.29 is 9.53 Å². The van der Waals surface area contributed by atoms with Crippen LogP contribution in [-0.4, -0.2) is 12.5 Å². The van der Waals surface area contributed by atoms with Crippen LogP contribution in [0.1, 0.15) is 5.56 Å². The first kappa shape index (κ1) is 14.6. The number of carbonyl (C=O) groups excluding carboxylic acids is 1. The maximum absolute atomic E-state index is 11.8. The number of hydrogen-bond donors (Lipinski definition) is 2. The van der Waals surface area contributed by atoms with E-state index >= 15 is 0 Å². The molecule has 20 heavy (non-hydrogen) atoms. The second-order valence-electron chi connectivity index (χ2n) is 4.23. The minimum Gasteiger partial charge on any atom is -0.397 e. The Morgan fingerprint density at radius 2 is 1.90 bits per heavy atom. The van der Waals surface area contributed by atoms with Crippen LogP contribution in [0.2, 0.25) is 0 Å². The monoisotopic (exact) mass is 334 g/mol. The van der Waals surface area contributed by atoms with Gasteiger partial charge < -0.3 is 15.8 Å². The fourth-order valence-corrected chi connectivity index (χ4v) is 2.16. The molecular formula is C15H15BrN2O2. The molecular weight excluding hydrogens is 320 g/mol. The first-order valence-corrected chi connectivity index (χ1v) is 6.91. The van der Waals surface area contributed by atoms with E-state index in [1.807, 2.05) is 36.4 Å². The number of nitrogen functional groups attached to an aromatic ring is 1. The van der Waals surface area contributed by atoms with Gasteiger partial charge in [0.1, 0.15) is 6.61 Å². The fourth-order valence-electron chi connectivity index (χ4n) is 1.68. The van der Waals surface area contributed by atoms with E-state index in [1.54, 1.807) is 12.1 Å². The highest BCUT2D eigenvalue weighted by atomic mass is 79.9. The van der Waals surface area contributed by atoms with Crippen LogP contribution in [0.3, 0.4) is 0 Å². The number of hydrogen-bond acceptors (Lipinski definition) is 3. The van der Waals surface area contributed by atoms with E-state index in [-0.39, 0.29) is 12.5 Å². The van der Waals surface area contributed by atoms with Crippen LogP contribution in [0.4, 0.5) is 11.4 Å². The lowest BCUT2D eigenvalue weighted by atomic mass is 10.2. The third-order valence-corrected chi connectivity index (χ3v) is 3.32. The Bertz CT molecular complexity index is 567. The molecule has 0 radical (unpaired) electrons. The van der Waals surface area contributed by atoms with Crippen molar-refractivity contribution in [2.24, 2.45) is 0 Å². The number of benzene rings is 2. The lowest BCUT2D eigenvalue weighted by molar-refractivity contribution is -0.121. The SMILES string of the molecule is Nc1cccc(Br)c1NC(=O)COCc1ccccc1. The Morgan fingerprint density at radius 1 is 1.15 bits per heavy atom. The van der Waals surface area contributed by atoms with Crippen LogP contribution in [0.25, 0.3) is 0 Å². The highest BCUT2D eigenvalue weighted by molar-refractivity contribution is 9.10. The van der Waals surface area contributed by atoms with Gasteiger partial charge in [-0.3, -0.25) is 4.79 Å². The van der Waals surface area contributed by atoms with Crippen molar-refractivity contribution in [3.63, 3.8) is 0 Å². The van der Waals surface area contributed by atoms with Gasteiger partial charge in [0.05, 0.1) is 18.0 Å². The van der Waals surface area contributed by atoms with Crippen LogP contribution in [-0.2, 0) is 16.1 Å². The number of nitrogens with one attached hydrogen (secondary N) is 1. The first-order chi connectivity index (χ1) is 9.66. The van der Waals surface area contributed by atoms with Crippen molar-refractivity contribution in [2.45, 2.75) is 6.61 Å². The largest absolute Gasteiger partial charge is 0.397 e. The second kappa shape index (κ2) is 7.07. The van der Waals surface area contributed by atoms with E-state index in [0.29, 0.717) is 18.0 Å². The number of anilines is 2. The fraction of sp³-hybridized carbons (Fsp3) is 0.133. The third-order valence-electron chi connectivity index (χ3n) is 2.65. The topological polar surface area (TPSA) is 64.3 Å². The molecule has 0 fully saturated rings. The van der Waals surface area contributed by atoms with E-state index in [9.17, 15) is 4.79 Å². The summed E-state index contributed by atoms with van der Waals surface area (Å²) in [6.45, 7) is 0.384. The highest BCUT2D eigenvalue weighted by Gasteiger charge is 2.08. The molecule has 0 aliphatic carbocycles. The molecule has 3 N–H and O–H groups in total. The Morgan fingerprint density at radius 3 is 2.60 bits per heavy atom. The minimum atomic E-state index is -0.237. The number of halogens is 1. The maximum Gasteiger partial charge on any atom is 0.250 e. The summed E-state index contributed by atoms with van der Waals surface area (Å²) in [5.74, 6) is -0.237. The lowest BCUT2D eigenvalue weighted by Gasteiger charge is -2.10. The molecule has 0 aliphatic rings. The molecule has 2 rings (SSSR count). The zero-order valence-corrected chi connectivity index (χ0v) is 12.4. The lowest BCUT2D eigenvalue weighted by Crippen LogP contribution is -2.19. The second-order valence-corrected chi connectivity index (χ2v) is 5.08. The van der Waals surface area contributed by atoms with Crippen molar-refractivity contribution in [1.29, 1.82) is 0 Å². The predicted octanol–water partition coefficient (Wildman–Crippen LogP) is 3.19. The van der Waals surface area contributed by atoms with Gasteiger partial charge in [0.15, 0.2) is 0 Å². The summed E-state index contributed by atoms with van der Waals surface area (Å²) >= 11 is 3.34. The normalized spacial score (nSPS) is 10.2. The summed E-state index contributed by atoms with van der Waals surface area (Å²) in [4.78, 5) is 11.8. The smallest absolute Gasteiger partial charge is 0.250 e. The van der Waals surface area contributed by atoms with Crippen LogP contribution in [0, 0.1) is 0 Å². The molecule has 4 nitrogen and oxygen atoms in total. The van der Waals surface area contributed by atoms with Crippen molar-refractivity contribution in [3.8, 4) is 0 Å². The Kier molecular flexibility index (Phi) is 5.15. The quantitative estimate of drug-likeness (QED) is 0.825. The molecule has 0 spiro atoms. The van der Waals surface area contributed by atoms with Crippen molar-refractivity contribution >= 4 is 33.2 Å². The molecule has 104 valence electrons. The molecule has 0 heterocycles. The number of amides is 1. The van der Waals surface area contributed by atoms with Crippen LogP contribution in [0.5, 0.6) is 0 Å². The number of ether oxygens (including phenoxy) is 1. The number of carbonyl (C=O) groups is 1. The van der Waals surface area contributed by atoms with Crippen LogP contribution in [0.15, 0.2) is 53.0 Å². The highest BCUT2D eigenvalue weighted by Crippen LogP contribution is 2.28. The maximum atomic E-state index is 11.8. The average molecular weight is 335 g/mol. The average Bonchev–Trinajstić information content (AvgIpc) is 2.44. The number of nitrogens with two attached hydrogens (primary N) is 1. The Balaban J connectivity index is 1.84. The first-order valence-electron chi connectivity index (χ1n) is 6.12. The van der Waals surface area contributed by atoms with Crippen LogP contribution >= 0.6 is 15.9 Å². The molecule has 0 atom stereocenters. The Labute approximate surface area is 126 Å². The molecule has 0 saturated heterocycles. The summed E-state index contributed by atoms with van der Waals surface area (Å²) < 4.78 is 6.11. The standard InChI is InChI=1S/C15H15BrN2O2/c16-12-7-4-8-13(17)15(12)18-14(19)10-20-9-11-5-2-1-3-6-11/h1-8H,9-10,17H2,(H,18,19). The van der Waals surface area contributed by atoms with Gasteiger partial charge in [-0.25, -0.2) is 0 Å². The zero-order chi connectivity index (χ0) is 14.4. The van der Waals surface area contributed by atoms with E-state index in [0.717, 1.165) is 10.0 Å². The number of rotatable bonds is 5. The summed E-state index contributed by atoms with van der Waals surface area (Å²) in [5, 5.41) is 2.73. The van der Waals surface area contributed by atoms with Gasteiger partial charge in [-0.15, -0.1) is 0 Å². The van der Waals surface area contributed by atoms with Gasteiger partial charge in [0.2, 0.25) is 5.91 Å². The van der Waals surface area contributed by atoms with Gasteiger partial charge in [0.25, 0.3) is 0 Å². The zero-order valence-electron chi connectivity index (χ0n) is 10.8. The molecule has 0 unspecified atom stereocenters. The molecule has 0 aromatic heterocycles. The van der Waals surface area contributed by atoms with Gasteiger partial charge in [-0.05, 0) is 33.6 Å². The summed E-state index contributed by atoms with van der Waals surface area (Å²) in [6, 6.07) is 15.0. The van der Waals surface area contributed by atoms with E-state index in [2.05, 4.69) is 21.2 Å². The molecule has 0 aliphatic heterocycles. The molecule has 5 heteroatoms. The molecule has 0 bridgehead atoms. The predicted molar refractivity (Wildman–Crippen MR) is 83.3 cm³/mol. The Hall–Kier alpha value is -1.85. The van der Waals surface area contributed by atoms with Gasteiger partial charge >= 0.3 is 0 Å². The van der Waals surface area contributed by atoms with Crippen molar-refractivity contribution in [3.05, 3.63) is 58.6 Å². The van der Waals surface area contributed by atoms with Crippen molar-refractivity contribution in [1.82, 2.24) is 0 Å². The molecule has 0 saturated carbocycles.